The number of halogens is 2. The molecule has 0 spiro atoms. The Morgan fingerprint density at radius 3 is 2.57 bits per heavy atom. The van der Waals surface area contributed by atoms with E-state index >= 15 is 0 Å². The Labute approximate surface area is 140 Å². The second-order valence-electron chi connectivity index (χ2n) is 5.17. The van der Waals surface area contributed by atoms with Gasteiger partial charge in [-0.2, -0.15) is 0 Å². The number of piperidine rings is 1. The van der Waals surface area contributed by atoms with Crippen LogP contribution in [0.15, 0.2) is 28.7 Å². The maximum Gasteiger partial charge on any atom is 0.252 e. The van der Waals surface area contributed by atoms with Gasteiger partial charge >= 0.3 is 0 Å². The SMILES string of the molecule is COC1(C(=O)NC(C)c2ccccc2Br)CCNCC1.Cl. The fourth-order valence-electron chi connectivity index (χ4n) is 2.59. The summed E-state index contributed by atoms with van der Waals surface area (Å²) in [5, 5.41) is 6.33. The Morgan fingerprint density at radius 2 is 2.00 bits per heavy atom. The Hall–Kier alpha value is -0.620. The Balaban J connectivity index is 0.00000220. The second kappa shape index (κ2) is 8.13. The molecule has 1 aromatic carbocycles. The van der Waals surface area contributed by atoms with E-state index in [9.17, 15) is 4.79 Å². The number of carbonyl (C=O) groups is 1. The molecule has 1 aromatic rings. The summed E-state index contributed by atoms with van der Waals surface area (Å²) in [6.45, 7) is 3.61. The van der Waals surface area contributed by atoms with Gasteiger partial charge in [-0.3, -0.25) is 4.79 Å². The van der Waals surface area contributed by atoms with Crippen molar-refractivity contribution in [2.45, 2.75) is 31.4 Å². The summed E-state index contributed by atoms with van der Waals surface area (Å²) >= 11 is 3.52. The summed E-state index contributed by atoms with van der Waals surface area (Å²) in [5.41, 5.74) is 0.377. The summed E-state index contributed by atoms with van der Waals surface area (Å²) < 4.78 is 6.55. The molecule has 1 atom stereocenters. The molecule has 1 amide bonds. The zero-order chi connectivity index (χ0) is 14.6. The number of methoxy groups -OCH3 is 1. The summed E-state index contributed by atoms with van der Waals surface area (Å²) in [5.74, 6) is -0.0234. The van der Waals surface area contributed by atoms with Gasteiger partial charge in [0.25, 0.3) is 5.91 Å². The van der Waals surface area contributed by atoms with Crippen LogP contribution in [-0.2, 0) is 9.53 Å². The molecule has 118 valence electrons. The number of rotatable bonds is 4. The summed E-state index contributed by atoms with van der Waals surface area (Å²) in [7, 11) is 1.62. The number of carbonyl (C=O) groups excluding carboxylic acids is 1. The van der Waals surface area contributed by atoms with E-state index < -0.39 is 5.60 Å². The van der Waals surface area contributed by atoms with Gasteiger partial charge in [0.1, 0.15) is 5.60 Å². The van der Waals surface area contributed by atoms with Crippen molar-refractivity contribution in [3.8, 4) is 0 Å². The second-order valence-corrected chi connectivity index (χ2v) is 6.02. The Morgan fingerprint density at radius 1 is 1.38 bits per heavy atom. The molecule has 1 aliphatic heterocycles. The first-order valence-corrected chi connectivity index (χ1v) is 7.69. The van der Waals surface area contributed by atoms with Crippen LogP contribution in [-0.4, -0.2) is 31.7 Å². The monoisotopic (exact) mass is 376 g/mol. The molecule has 0 saturated carbocycles. The van der Waals surface area contributed by atoms with Crippen molar-refractivity contribution in [3.05, 3.63) is 34.3 Å². The van der Waals surface area contributed by atoms with Crippen LogP contribution in [0.3, 0.4) is 0 Å². The van der Waals surface area contributed by atoms with E-state index in [0.29, 0.717) is 12.8 Å². The maximum atomic E-state index is 12.6. The maximum absolute atomic E-state index is 12.6. The first kappa shape index (κ1) is 18.4. The van der Waals surface area contributed by atoms with Crippen LogP contribution in [0.5, 0.6) is 0 Å². The topological polar surface area (TPSA) is 50.4 Å². The van der Waals surface area contributed by atoms with Crippen LogP contribution < -0.4 is 10.6 Å². The molecule has 2 N–H and O–H groups in total. The first-order valence-electron chi connectivity index (χ1n) is 6.90. The van der Waals surface area contributed by atoms with Crippen molar-refractivity contribution in [3.63, 3.8) is 0 Å². The van der Waals surface area contributed by atoms with E-state index in [2.05, 4.69) is 26.6 Å². The number of benzene rings is 1. The average molecular weight is 378 g/mol. The molecule has 1 unspecified atom stereocenters. The van der Waals surface area contributed by atoms with E-state index in [1.807, 2.05) is 31.2 Å². The highest BCUT2D eigenvalue weighted by molar-refractivity contribution is 9.10. The normalized spacial score (nSPS) is 18.4. The molecule has 0 aromatic heterocycles. The lowest BCUT2D eigenvalue weighted by molar-refractivity contribution is -0.147. The molecule has 1 saturated heterocycles. The van der Waals surface area contributed by atoms with Gasteiger partial charge in [0.2, 0.25) is 0 Å². The first-order chi connectivity index (χ1) is 9.59. The lowest BCUT2D eigenvalue weighted by atomic mass is 9.90. The number of nitrogens with one attached hydrogen (secondary N) is 2. The van der Waals surface area contributed by atoms with Crippen LogP contribution in [0.25, 0.3) is 0 Å². The molecule has 0 aliphatic carbocycles. The van der Waals surface area contributed by atoms with Crippen molar-refractivity contribution >= 4 is 34.2 Å². The molecule has 0 radical (unpaired) electrons. The van der Waals surface area contributed by atoms with Crippen LogP contribution in [0.1, 0.15) is 31.4 Å². The number of amides is 1. The molecule has 1 aliphatic rings. The quantitative estimate of drug-likeness (QED) is 0.848. The molecule has 4 nitrogen and oxygen atoms in total. The molecular formula is C15H22BrClN2O2. The number of hydrogen-bond acceptors (Lipinski definition) is 3. The molecule has 2 rings (SSSR count). The molecular weight excluding hydrogens is 356 g/mol. The zero-order valence-electron chi connectivity index (χ0n) is 12.3. The van der Waals surface area contributed by atoms with Gasteiger partial charge in [-0.25, -0.2) is 0 Å². The fraction of sp³-hybridized carbons (Fsp3) is 0.533. The molecule has 21 heavy (non-hydrogen) atoms. The van der Waals surface area contributed by atoms with Crippen LogP contribution >= 0.6 is 28.3 Å². The summed E-state index contributed by atoms with van der Waals surface area (Å²) in [4.78, 5) is 12.6. The predicted octanol–water partition coefficient (Wildman–Crippen LogP) is 2.82. The van der Waals surface area contributed by atoms with Gasteiger partial charge in [-0.05, 0) is 44.5 Å². The fourth-order valence-corrected chi connectivity index (χ4v) is 3.21. The highest BCUT2D eigenvalue weighted by Gasteiger charge is 2.40. The zero-order valence-corrected chi connectivity index (χ0v) is 14.7. The molecule has 1 fully saturated rings. The predicted molar refractivity (Wildman–Crippen MR) is 89.8 cm³/mol. The number of ether oxygens (including phenoxy) is 1. The standard InChI is InChI=1S/C15H21BrN2O2.ClH/c1-11(12-5-3-4-6-13(12)16)18-14(19)15(20-2)7-9-17-10-8-15;/h3-6,11,17H,7-10H2,1-2H3,(H,18,19);1H. The van der Waals surface area contributed by atoms with Crippen molar-refractivity contribution in [1.82, 2.24) is 10.6 Å². The van der Waals surface area contributed by atoms with Gasteiger partial charge in [0.05, 0.1) is 6.04 Å². The minimum atomic E-state index is -0.694. The van der Waals surface area contributed by atoms with Crippen molar-refractivity contribution < 1.29 is 9.53 Å². The van der Waals surface area contributed by atoms with E-state index in [1.54, 1.807) is 7.11 Å². The van der Waals surface area contributed by atoms with Gasteiger partial charge in [0, 0.05) is 11.6 Å². The van der Waals surface area contributed by atoms with Crippen molar-refractivity contribution in [2.24, 2.45) is 0 Å². The van der Waals surface area contributed by atoms with E-state index in [1.165, 1.54) is 0 Å². The number of hydrogen-bond donors (Lipinski definition) is 2. The van der Waals surface area contributed by atoms with Crippen molar-refractivity contribution in [2.75, 3.05) is 20.2 Å². The van der Waals surface area contributed by atoms with Crippen LogP contribution in [0.2, 0.25) is 0 Å². The third-order valence-electron chi connectivity index (χ3n) is 3.94. The van der Waals surface area contributed by atoms with Gasteiger partial charge in [-0.1, -0.05) is 34.1 Å². The Kier molecular flexibility index (Phi) is 7.13. The van der Waals surface area contributed by atoms with Gasteiger partial charge in [0.15, 0.2) is 0 Å². The van der Waals surface area contributed by atoms with Crippen LogP contribution in [0.4, 0.5) is 0 Å². The lowest BCUT2D eigenvalue weighted by Crippen LogP contribution is -2.54. The van der Waals surface area contributed by atoms with Gasteiger partial charge < -0.3 is 15.4 Å². The van der Waals surface area contributed by atoms with Gasteiger partial charge in [-0.15, -0.1) is 12.4 Å². The molecule has 6 heteroatoms. The van der Waals surface area contributed by atoms with Crippen LogP contribution in [0, 0.1) is 0 Å². The average Bonchev–Trinajstić information content (AvgIpc) is 2.48. The smallest absolute Gasteiger partial charge is 0.252 e. The largest absolute Gasteiger partial charge is 0.368 e. The highest BCUT2D eigenvalue weighted by atomic mass is 79.9. The summed E-state index contributed by atoms with van der Waals surface area (Å²) in [6, 6.07) is 7.87. The molecule has 0 bridgehead atoms. The minimum absolute atomic E-state index is 0. The summed E-state index contributed by atoms with van der Waals surface area (Å²) in [6.07, 6.45) is 1.41. The Bertz CT molecular complexity index is 478. The van der Waals surface area contributed by atoms with E-state index in [4.69, 9.17) is 4.74 Å². The van der Waals surface area contributed by atoms with Crippen molar-refractivity contribution in [1.29, 1.82) is 0 Å². The van der Waals surface area contributed by atoms with E-state index in [0.717, 1.165) is 23.1 Å². The third kappa shape index (κ3) is 4.19. The third-order valence-corrected chi connectivity index (χ3v) is 4.66. The van der Waals surface area contributed by atoms with E-state index in [-0.39, 0.29) is 24.4 Å². The highest BCUT2D eigenvalue weighted by Crippen LogP contribution is 2.26. The minimum Gasteiger partial charge on any atom is -0.368 e. The molecule has 1 heterocycles. The lowest BCUT2D eigenvalue weighted by Gasteiger charge is -2.35.